The van der Waals surface area contributed by atoms with Gasteiger partial charge in [0.25, 0.3) is 0 Å². The number of cyclic esters (lactones) is 1. The van der Waals surface area contributed by atoms with E-state index >= 15 is 0 Å². The molecular weight excluding hydrogens is 288 g/mol. The molecule has 126 valence electrons. The molecule has 0 N–H and O–H groups in total. The van der Waals surface area contributed by atoms with E-state index < -0.39 is 0 Å². The fraction of sp³-hybridized carbons (Fsp3) is 0.700. The van der Waals surface area contributed by atoms with Gasteiger partial charge < -0.3 is 4.74 Å². The summed E-state index contributed by atoms with van der Waals surface area (Å²) in [5, 5.41) is 0. The molecule has 0 aromatic rings. The van der Waals surface area contributed by atoms with E-state index in [-0.39, 0.29) is 16.8 Å². The molecule has 3 aliphatic rings. The van der Waals surface area contributed by atoms with Gasteiger partial charge in [-0.15, -0.1) is 0 Å². The normalized spacial score (nSPS) is 40.0. The second-order valence-corrected chi connectivity index (χ2v) is 8.18. The zero-order chi connectivity index (χ0) is 16.7. The molecule has 0 unspecified atom stereocenters. The summed E-state index contributed by atoms with van der Waals surface area (Å²) in [6.45, 7) is 7.53. The van der Waals surface area contributed by atoms with Crippen molar-refractivity contribution >= 4 is 12.3 Å². The van der Waals surface area contributed by atoms with Crippen LogP contribution in [0.15, 0.2) is 23.3 Å². The van der Waals surface area contributed by atoms with Crippen molar-refractivity contribution in [2.75, 3.05) is 6.61 Å². The molecule has 1 aliphatic heterocycles. The first-order valence-electron chi connectivity index (χ1n) is 8.92. The molecule has 3 nitrogen and oxygen atoms in total. The first kappa shape index (κ1) is 16.5. The first-order chi connectivity index (χ1) is 10.9. The smallest absolute Gasteiger partial charge is 0.331 e. The Morgan fingerprint density at radius 3 is 2.78 bits per heavy atom. The van der Waals surface area contributed by atoms with Gasteiger partial charge in [-0.3, -0.25) is 4.79 Å². The van der Waals surface area contributed by atoms with E-state index in [0.717, 1.165) is 43.1 Å². The molecule has 0 aromatic heterocycles. The molecule has 0 amide bonds. The largest absolute Gasteiger partial charge is 0.458 e. The highest BCUT2D eigenvalue weighted by molar-refractivity contribution is 5.85. The van der Waals surface area contributed by atoms with Crippen molar-refractivity contribution in [3.8, 4) is 0 Å². The van der Waals surface area contributed by atoms with Crippen LogP contribution in [0.2, 0.25) is 0 Å². The third kappa shape index (κ3) is 2.68. The lowest BCUT2D eigenvalue weighted by atomic mass is 9.47. The number of hydrogen-bond donors (Lipinski definition) is 0. The predicted octanol–water partition coefficient (Wildman–Crippen LogP) is 4.23. The Kier molecular flexibility index (Phi) is 4.24. The summed E-state index contributed by atoms with van der Waals surface area (Å²) in [5.41, 5.74) is 2.38. The quantitative estimate of drug-likeness (QED) is 0.576. The summed E-state index contributed by atoms with van der Waals surface area (Å²) < 4.78 is 5.04. The van der Waals surface area contributed by atoms with Gasteiger partial charge in [-0.25, -0.2) is 4.79 Å². The minimum absolute atomic E-state index is 0.0254. The standard InChI is InChI=1S/C20H28O3/c1-14-7-9-20(3)16(12-21)5-4-6-17(20)19(14,2)10-8-15-11-18(22)23-13-15/h5,11-12,14,17H,4,6-10,13H2,1-3H3/t14-,17-,19+,20+/m1/s1. The summed E-state index contributed by atoms with van der Waals surface area (Å²) in [6.07, 6.45) is 11.4. The van der Waals surface area contributed by atoms with Crippen molar-refractivity contribution in [1.82, 2.24) is 0 Å². The number of esters is 1. The lowest BCUT2D eigenvalue weighted by Gasteiger charge is -2.57. The van der Waals surface area contributed by atoms with Crippen molar-refractivity contribution in [1.29, 1.82) is 0 Å². The second kappa shape index (κ2) is 5.92. The lowest BCUT2D eigenvalue weighted by Crippen LogP contribution is -2.50. The highest BCUT2D eigenvalue weighted by Crippen LogP contribution is 2.61. The van der Waals surface area contributed by atoms with Crippen LogP contribution in [0.25, 0.3) is 0 Å². The van der Waals surface area contributed by atoms with Crippen molar-refractivity contribution < 1.29 is 14.3 Å². The molecule has 1 heterocycles. The molecule has 3 heteroatoms. The summed E-state index contributed by atoms with van der Waals surface area (Å²) in [6, 6.07) is 0. The Hall–Kier alpha value is -1.38. The molecule has 23 heavy (non-hydrogen) atoms. The van der Waals surface area contributed by atoms with E-state index in [0.29, 0.717) is 18.4 Å². The highest BCUT2D eigenvalue weighted by atomic mass is 16.5. The van der Waals surface area contributed by atoms with Crippen LogP contribution >= 0.6 is 0 Å². The fourth-order valence-electron chi connectivity index (χ4n) is 5.32. The lowest BCUT2D eigenvalue weighted by molar-refractivity contribution is -0.134. The van der Waals surface area contributed by atoms with Crippen LogP contribution in [0.1, 0.15) is 59.3 Å². The number of allylic oxidation sites excluding steroid dienone is 2. The van der Waals surface area contributed by atoms with Gasteiger partial charge in [0, 0.05) is 6.08 Å². The Labute approximate surface area is 139 Å². The zero-order valence-corrected chi connectivity index (χ0v) is 14.6. The summed E-state index contributed by atoms with van der Waals surface area (Å²) in [7, 11) is 0. The Morgan fingerprint density at radius 2 is 2.13 bits per heavy atom. The van der Waals surface area contributed by atoms with Crippen molar-refractivity contribution in [3.05, 3.63) is 23.3 Å². The third-order valence-electron chi connectivity index (χ3n) is 7.10. The van der Waals surface area contributed by atoms with E-state index in [1.54, 1.807) is 6.08 Å². The number of carbonyl (C=O) groups excluding carboxylic acids is 2. The number of carbonyl (C=O) groups is 2. The summed E-state index contributed by atoms with van der Waals surface area (Å²) in [5.74, 6) is 0.989. The van der Waals surface area contributed by atoms with E-state index in [1.807, 2.05) is 0 Å². The molecule has 3 rings (SSSR count). The number of rotatable bonds is 4. The Morgan fingerprint density at radius 1 is 1.35 bits per heavy atom. The average molecular weight is 316 g/mol. The van der Waals surface area contributed by atoms with Gasteiger partial charge in [-0.1, -0.05) is 26.8 Å². The van der Waals surface area contributed by atoms with Crippen LogP contribution in [-0.2, 0) is 14.3 Å². The van der Waals surface area contributed by atoms with E-state index in [9.17, 15) is 9.59 Å². The third-order valence-corrected chi connectivity index (χ3v) is 7.10. The molecule has 0 saturated heterocycles. The molecule has 1 fully saturated rings. The maximum Gasteiger partial charge on any atom is 0.331 e. The molecule has 0 bridgehead atoms. The van der Waals surface area contributed by atoms with Crippen LogP contribution < -0.4 is 0 Å². The van der Waals surface area contributed by atoms with Crippen LogP contribution in [0.4, 0.5) is 0 Å². The predicted molar refractivity (Wildman–Crippen MR) is 89.8 cm³/mol. The van der Waals surface area contributed by atoms with Gasteiger partial charge in [0.2, 0.25) is 0 Å². The monoisotopic (exact) mass is 316 g/mol. The molecule has 0 radical (unpaired) electrons. The first-order valence-corrected chi connectivity index (χ1v) is 8.92. The van der Waals surface area contributed by atoms with E-state index in [2.05, 4.69) is 26.8 Å². The maximum absolute atomic E-state index is 11.6. The topological polar surface area (TPSA) is 43.4 Å². The highest BCUT2D eigenvalue weighted by Gasteiger charge is 2.53. The number of ether oxygens (including phenoxy) is 1. The van der Waals surface area contributed by atoms with E-state index in [1.165, 1.54) is 12.8 Å². The van der Waals surface area contributed by atoms with Gasteiger partial charge in [-0.2, -0.15) is 0 Å². The summed E-state index contributed by atoms with van der Waals surface area (Å²) >= 11 is 0. The molecule has 2 aliphatic carbocycles. The second-order valence-electron chi connectivity index (χ2n) is 8.18. The van der Waals surface area contributed by atoms with Crippen LogP contribution in [0, 0.1) is 22.7 Å². The van der Waals surface area contributed by atoms with E-state index in [4.69, 9.17) is 4.74 Å². The average Bonchev–Trinajstić information content (AvgIpc) is 2.95. The fourth-order valence-corrected chi connectivity index (χ4v) is 5.32. The van der Waals surface area contributed by atoms with Crippen molar-refractivity contribution in [2.45, 2.75) is 59.3 Å². The van der Waals surface area contributed by atoms with Crippen molar-refractivity contribution in [2.24, 2.45) is 22.7 Å². The zero-order valence-electron chi connectivity index (χ0n) is 14.6. The number of aldehydes is 1. The minimum atomic E-state index is -0.199. The van der Waals surface area contributed by atoms with Crippen LogP contribution in [0.5, 0.6) is 0 Å². The Balaban J connectivity index is 1.83. The van der Waals surface area contributed by atoms with Crippen LogP contribution in [-0.4, -0.2) is 18.9 Å². The minimum Gasteiger partial charge on any atom is -0.458 e. The molecule has 4 atom stereocenters. The van der Waals surface area contributed by atoms with Gasteiger partial charge in [0.1, 0.15) is 12.9 Å². The van der Waals surface area contributed by atoms with Gasteiger partial charge in [0.05, 0.1) is 0 Å². The summed E-state index contributed by atoms with van der Waals surface area (Å²) in [4.78, 5) is 22.8. The number of hydrogen-bond acceptors (Lipinski definition) is 3. The van der Waals surface area contributed by atoms with Gasteiger partial charge >= 0.3 is 5.97 Å². The molecule has 0 spiro atoms. The number of fused-ring (bicyclic) bond motifs is 1. The van der Waals surface area contributed by atoms with Gasteiger partial charge in [0.15, 0.2) is 0 Å². The van der Waals surface area contributed by atoms with Crippen molar-refractivity contribution in [3.63, 3.8) is 0 Å². The van der Waals surface area contributed by atoms with Crippen LogP contribution in [0.3, 0.4) is 0 Å². The Bertz CT molecular complexity index is 573. The van der Waals surface area contributed by atoms with Gasteiger partial charge in [-0.05, 0) is 72.3 Å². The molecule has 0 aromatic carbocycles. The maximum atomic E-state index is 11.6. The molecule has 1 saturated carbocycles. The SMILES string of the molecule is C[C@@H]1CC[C@@]2(C)C(C=O)=CCC[C@@H]2[C@@]1(C)CCC1=CC(=O)OC1. The molecular formula is C20H28O3.